The molecular formula is C15H22F2N2. The van der Waals surface area contributed by atoms with Crippen molar-refractivity contribution in [1.29, 1.82) is 0 Å². The molecule has 1 fully saturated rings. The fourth-order valence-electron chi connectivity index (χ4n) is 2.96. The normalized spacial score (nSPS) is 22.4. The molecular weight excluding hydrogens is 246 g/mol. The monoisotopic (exact) mass is 268 g/mol. The third kappa shape index (κ3) is 3.31. The molecule has 1 aromatic carbocycles. The van der Waals surface area contributed by atoms with Gasteiger partial charge in [-0.2, -0.15) is 0 Å². The third-order valence-corrected chi connectivity index (χ3v) is 4.11. The first kappa shape index (κ1) is 14.4. The number of benzene rings is 1. The van der Waals surface area contributed by atoms with Gasteiger partial charge in [0.2, 0.25) is 0 Å². The Kier molecular flexibility index (Phi) is 4.88. The van der Waals surface area contributed by atoms with E-state index in [4.69, 9.17) is 5.73 Å². The highest BCUT2D eigenvalue weighted by molar-refractivity contribution is 5.23. The highest BCUT2D eigenvalue weighted by atomic mass is 19.1. The first-order chi connectivity index (χ1) is 9.15. The lowest BCUT2D eigenvalue weighted by molar-refractivity contribution is 0.122. The van der Waals surface area contributed by atoms with Crippen LogP contribution in [0.2, 0.25) is 0 Å². The van der Waals surface area contributed by atoms with E-state index in [1.807, 2.05) is 0 Å². The highest BCUT2D eigenvalue weighted by Crippen LogP contribution is 2.29. The highest BCUT2D eigenvalue weighted by Gasteiger charge is 2.27. The molecule has 0 aliphatic carbocycles. The van der Waals surface area contributed by atoms with E-state index >= 15 is 0 Å². The topological polar surface area (TPSA) is 29.3 Å². The number of halogens is 2. The van der Waals surface area contributed by atoms with E-state index < -0.39 is 5.82 Å². The Morgan fingerprint density at radius 1 is 1.42 bits per heavy atom. The smallest absolute Gasteiger partial charge is 0.128 e. The Labute approximate surface area is 113 Å². The predicted octanol–water partition coefficient (Wildman–Crippen LogP) is 3.09. The molecule has 2 unspecified atom stereocenters. The molecule has 1 aromatic rings. The molecule has 2 rings (SSSR count). The van der Waals surface area contributed by atoms with E-state index in [1.165, 1.54) is 18.6 Å². The minimum absolute atomic E-state index is 0.218. The Hall–Kier alpha value is -1.00. The van der Waals surface area contributed by atoms with Crippen LogP contribution in [0.4, 0.5) is 8.78 Å². The van der Waals surface area contributed by atoms with Crippen molar-refractivity contribution in [2.45, 2.75) is 32.2 Å². The fraction of sp³-hybridized carbons (Fsp3) is 0.600. The molecule has 0 saturated carbocycles. The molecule has 4 heteroatoms. The van der Waals surface area contributed by atoms with Gasteiger partial charge in [0.25, 0.3) is 0 Å². The van der Waals surface area contributed by atoms with E-state index in [2.05, 4.69) is 11.8 Å². The molecule has 1 aliphatic heterocycles. The van der Waals surface area contributed by atoms with Crippen LogP contribution in [0.1, 0.15) is 37.8 Å². The standard InChI is InChI=1S/C15H22F2N2/c1-2-11-4-3-7-19(10-11)15(9-18)13-8-12(16)5-6-14(13)17/h5-6,8,11,15H,2-4,7,9-10,18H2,1H3. The molecule has 2 nitrogen and oxygen atoms in total. The number of likely N-dealkylation sites (tertiary alicyclic amines) is 1. The van der Waals surface area contributed by atoms with Crippen molar-refractivity contribution in [3.8, 4) is 0 Å². The van der Waals surface area contributed by atoms with Crippen LogP contribution in [0.5, 0.6) is 0 Å². The minimum Gasteiger partial charge on any atom is -0.329 e. The van der Waals surface area contributed by atoms with E-state index in [9.17, 15) is 8.78 Å². The minimum atomic E-state index is -0.404. The first-order valence-electron chi connectivity index (χ1n) is 7.04. The van der Waals surface area contributed by atoms with Gasteiger partial charge in [0.05, 0.1) is 6.04 Å². The van der Waals surface area contributed by atoms with Crippen LogP contribution in [0, 0.1) is 17.6 Å². The molecule has 0 aromatic heterocycles. The Balaban J connectivity index is 2.21. The SMILES string of the molecule is CCC1CCCN(C(CN)c2cc(F)ccc2F)C1. The van der Waals surface area contributed by atoms with Crippen molar-refractivity contribution in [2.24, 2.45) is 11.7 Å². The van der Waals surface area contributed by atoms with Gasteiger partial charge in [-0.15, -0.1) is 0 Å². The fourth-order valence-corrected chi connectivity index (χ4v) is 2.96. The van der Waals surface area contributed by atoms with E-state index in [-0.39, 0.29) is 11.9 Å². The van der Waals surface area contributed by atoms with Crippen molar-refractivity contribution in [3.05, 3.63) is 35.4 Å². The molecule has 2 N–H and O–H groups in total. The maximum absolute atomic E-state index is 13.9. The van der Waals surface area contributed by atoms with Crippen LogP contribution in [0.25, 0.3) is 0 Å². The number of hydrogen-bond donors (Lipinski definition) is 1. The summed E-state index contributed by atoms with van der Waals surface area (Å²) in [7, 11) is 0. The number of hydrogen-bond acceptors (Lipinski definition) is 2. The van der Waals surface area contributed by atoms with Gasteiger partial charge in [0.1, 0.15) is 11.6 Å². The van der Waals surface area contributed by atoms with E-state index in [0.717, 1.165) is 32.0 Å². The Morgan fingerprint density at radius 3 is 2.89 bits per heavy atom. The van der Waals surface area contributed by atoms with Gasteiger partial charge in [0, 0.05) is 18.7 Å². The summed E-state index contributed by atoms with van der Waals surface area (Å²) in [6, 6.07) is 3.40. The molecule has 0 amide bonds. The Morgan fingerprint density at radius 2 is 2.21 bits per heavy atom. The molecule has 1 aliphatic rings. The molecule has 1 saturated heterocycles. The summed E-state index contributed by atoms with van der Waals surface area (Å²) in [5.41, 5.74) is 6.20. The second-order valence-corrected chi connectivity index (χ2v) is 5.33. The molecule has 106 valence electrons. The lowest BCUT2D eigenvalue weighted by Crippen LogP contribution is -2.41. The summed E-state index contributed by atoms with van der Waals surface area (Å²) >= 11 is 0. The summed E-state index contributed by atoms with van der Waals surface area (Å²) in [5.74, 6) is -0.131. The summed E-state index contributed by atoms with van der Waals surface area (Å²) in [4.78, 5) is 2.20. The largest absolute Gasteiger partial charge is 0.329 e. The zero-order chi connectivity index (χ0) is 13.8. The number of nitrogens with two attached hydrogens (primary N) is 1. The zero-order valence-electron chi connectivity index (χ0n) is 11.4. The van der Waals surface area contributed by atoms with Crippen LogP contribution in [0.15, 0.2) is 18.2 Å². The van der Waals surface area contributed by atoms with Gasteiger partial charge in [-0.1, -0.05) is 13.3 Å². The van der Waals surface area contributed by atoms with Crippen molar-refractivity contribution >= 4 is 0 Å². The number of piperidine rings is 1. The van der Waals surface area contributed by atoms with Gasteiger partial charge in [0.15, 0.2) is 0 Å². The van der Waals surface area contributed by atoms with Crippen LogP contribution in [0.3, 0.4) is 0 Å². The van der Waals surface area contributed by atoms with Gasteiger partial charge in [-0.3, -0.25) is 4.90 Å². The molecule has 0 bridgehead atoms. The van der Waals surface area contributed by atoms with Crippen LogP contribution < -0.4 is 5.73 Å². The van der Waals surface area contributed by atoms with Crippen LogP contribution in [-0.2, 0) is 0 Å². The summed E-state index contributed by atoms with van der Waals surface area (Å²) in [6.45, 7) is 4.33. The van der Waals surface area contributed by atoms with Crippen molar-refractivity contribution in [2.75, 3.05) is 19.6 Å². The van der Waals surface area contributed by atoms with Crippen molar-refractivity contribution < 1.29 is 8.78 Å². The summed E-state index contributed by atoms with van der Waals surface area (Å²) in [6.07, 6.45) is 3.45. The average Bonchev–Trinajstić information content (AvgIpc) is 2.44. The maximum atomic E-state index is 13.9. The van der Waals surface area contributed by atoms with Crippen LogP contribution >= 0.6 is 0 Å². The Bertz CT molecular complexity index is 423. The average molecular weight is 268 g/mol. The number of rotatable bonds is 4. The van der Waals surface area contributed by atoms with Gasteiger partial charge in [-0.05, 0) is 43.5 Å². The van der Waals surface area contributed by atoms with Gasteiger partial charge >= 0.3 is 0 Å². The molecule has 0 radical (unpaired) electrons. The second-order valence-electron chi connectivity index (χ2n) is 5.33. The zero-order valence-corrected chi connectivity index (χ0v) is 11.4. The van der Waals surface area contributed by atoms with Crippen LogP contribution in [-0.4, -0.2) is 24.5 Å². The molecule has 0 spiro atoms. The number of nitrogens with zero attached hydrogens (tertiary/aromatic N) is 1. The van der Waals surface area contributed by atoms with E-state index in [0.29, 0.717) is 18.0 Å². The van der Waals surface area contributed by atoms with Gasteiger partial charge in [-0.25, -0.2) is 8.78 Å². The molecule has 19 heavy (non-hydrogen) atoms. The lowest BCUT2D eigenvalue weighted by atomic mass is 9.93. The summed E-state index contributed by atoms with van der Waals surface area (Å²) < 4.78 is 27.2. The van der Waals surface area contributed by atoms with Crippen molar-refractivity contribution in [1.82, 2.24) is 4.90 Å². The lowest BCUT2D eigenvalue weighted by Gasteiger charge is -2.38. The second kappa shape index (κ2) is 6.44. The summed E-state index contributed by atoms with van der Waals surface area (Å²) in [5, 5.41) is 0. The molecule has 1 heterocycles. The first-order valence-corrected chi connectivity index (χ1v) is 7.04. The maximum Gasteiger partial charge on any atom is 0.128 e. The van der Waals surface area contributed by atoms with Gasteiger partial charge < -0.3 is 5.73 Å². The quantitative estimate of drug-likeness (QED) is 0.909. The predicted molar refractivity (Wildman–Crippen MR) is 72.7 cm³/mol. The molecule has 2 atom stereocenters. The van der Waals surface area contributed by atoms with E-state index in [1.54, 1.807) is 0 Å². The third-order valence-electron chi connectivity index (χ3n) is 4.11. The van der Waals surface area contributed by atoms with Crippen molar-refractivity contribution in [3.63, 3.8) is 0 Å².